The van der Waals surface area contributed by atoms with Crippen LogP contribution in [0.5, 0.6) is 5.75 Å². The molecule has 0 aliphatic rings. The third-order valence-corrected chi connectivity index (χ3v) is 2.71. The lowest BCUT2D eigenvalue weighted by Crippen LogP contribution is -2.29. The number of benzene rings is 1. The zero-order valence-corrected chi connectivity index (χ0v) is 8.79. The summed E-state index contributed by atoms with van der Waals surface area (Å²) in [6.07, 6.45) is 1.31. The molecule has 2 heterocycles. The van der Waals surface area contributed by atoms with Crippen LogP contribution in [0.2, 0.25) is 0 Å². The van der Waals surface area contributed by atoms with Crippen molar-refractivity contribution in [1.29, 1.82) is 5.26 Å². The van der Waals surface area contributed by atoms with Crippen LogP contribution < -0.4 is 9.62 Å². The highest BCUT2D eigenvalue weighted by Gasteiger charge is 2.12. The van der Waals surface area contributed by atoms with Crippen LogP contribution in [-0.4, -0.2) is 5.10 Å². The molecule has 0 aliphatic carbocycles. The first-order chi connectivity index (χ1) is 8.31. The highest BCUT2D eigenvalue weighted by atomic mass is 16.3. The summed E-state index contributed by atoms with van der Waals surface area (Å²) < 4.78 is 1.57. The van der Waals surface area contributed by atoms with E-state index in [4.69, 9.17) is 5.26 Å². The van der Waals surface area contributed by atoms with E-state index in [1.165, 1.54) is 6.20 Å². The molecule has 80 valence electrons. The third kappa shape index (κ3) is 1.30. The van der Waals surface area contributed by atoms with Gasteiger partial charge in [0.05, 0.1) is 5.56 Å². The van der Waals surface area contributed by atoms with Gasteiger partial charge in [-0.1, -0.05) is 12.1 Å². The van der Waals surface area contributed by atoms with Crippen molar-refractivity contribution in [2.75, 3.05) is 0 Å². The summed E-state index contributed by atoms with van der Waals surface area (Å²) in [5, 5.41) is 25.8. The molecule has 1 aromatic carbocycles. The Labute approximate surface area is 97.0 Å². The molecule has 2 aromatic heterocycles. The Morgan fingerprint density at radius 1 is 1.12 bits per heavy atom. The zero-order valence-electron chi connectivity index (χ0n) is 8.79. The summed E-state index contributed by atoms with van der Waals surface area (Å²) in [4.78, 5) is 0. The van der Waals surface area contributed by atoms with E-state index in [-0.39, 0.29) is 11.3 Å². The molecule has 0 amide bonds. The number of aromatic nitrogens is 2. The largest absolute Gasteiger partial charge is 0.867 e. The highest BCUT2D eigenvalue weighted by molar-refractivity contribution is 5.78. The molecular weight excluding hydrogens is 214 g/mol. The van der Waals surface area contributed by atoms with Crippen molar-refractivity contribution >= 4 is 16.4 Å². The molecule has 0 fully saturated rings. The Balaban J connectivity index is 2.54. The van der Waals surface area contributed by atoms with Crippen LogP contribution in [0.3, 0.4) is 0 Å². The number of hydrogen-bond donors (Lipinski definition) is 0. The number of rotatable bonds is 0. The molecule has 0 bridgehead atoms. The molecule has 0 radical (unpaired) electrons. The van der Waals surface area contributed by atoms with Gasteiger partial charge in [0, 0.05) is 17.5 Å². The van der Waals surface area contributed by atoms with E-state index in [0.29, 0.717) is 5.52 Å². The summed E-state index contributed by atoms with van der Waals surface area (Å²) in [6, 6.07) is 13.1. The first-order valence-corrected chi connectivity index (χ1v) is 5.11. The van der Waals surface area contributed by atoms with E-state index in [9.17, 15) is 5.11 Å². The van der Waals surface area contributed by atoms with E-state index in [1.54, 1.807) is 10.6 Å². The molecule has 0 saturated heterocycles. The van der Waals surface area contributed by atoms with Crippen molar-refractivity contribution in [3.63, 3.8) is 0 Å². The number of hydrogen-bond acceptors (Lipinski definition) is 3. The van der Waals surface area contributed by atoms with E-state index in [2.05, 4.69) is 5.10 Å². The number of fused-ring (bicyclic) bond motifs is 3. The first kappa shape index (κ1) is 9.55. The van der Waals surface area contributed by atoms with Crippen LogP contribution in [-0.2, 0) is 0 Å². The second-order valence-electron chi connectivity index (χ2n) is 3.69. The fourth-order valence-electron chi connectivity index (χ4n) is 1.88. The van der Waals surface area contributed by atoms with Crippen molar-refractivity contribution in [1.82, 2.24) is 5.10 Å². The van der Waals surface area contributed by atoms with Crippen molar-refractivity contribution in [3.05, 3.63) is 48.2 Å². The second kappa shape index (κ2) is 3.42. The molecule has 0 N–H and O–H groups in total. The Morgan fingerprint density at radius 2 is 1.94 bits per heavy atom. The molecule has 3 aromatic rings. The van der Waals surface area contributed by atoms with Crippen LogP contribution >= 0.6 is 0 Å². The van der Waals surface area contributed by atoms with Gasteiger partial charge >= 0.3 is 0 Å². The van der Waals surface area contributed by atoms with Crippen LogP contribution in [0, 0.1) is 11.3 Å². The predicted octanol–water partition coefficient (Wildman–Crippen LogP) is 0.919. The maximum Gasteiger partial charge on any atom is 0.245 e. The van der Waals surface area contributed by atoms with E-state index in [1.807, 2.05) is 36.4 Å². The van der Waals surface area contributed by atoms with E-state index >= 15 is 0 Å². The summed E-state index contributed by atoms with van der Waals surface area (Å²) >= 11 is 0. The number of nitriles is 1. The number of para-hydroxylation sites is 1. The Kier molecular flexibility index (Phi) is 1.92. The molecule has 0 aliphatic heterocycles. The molecule has 0 unspecified atom stereocenters. The normalized spacial score (nSPS) is 10.5. The lowest BCUT2D eigenvalue weighted by atomic mass is 10.2. The lowest BCUT2D eigenvalue weighted by Gasteiger charge is -2.06. The average Bonchev–Trinajstić information content (AvgIpc) is 2.39. The Morgan fingerprint density at radius 3 is 2.76 bits per heavy atom. The number of nitrogens with zero attached hydrogens (tertiary/aromatic N) is 3. The maximum atomic E-state index is 11.9. The quantitative estimate of drug-likeness (QED) is 0.419. The number of pyridine rings is 1. The second-order valence-corrected chi connectivity index (χ2v) is 3.69. The molecule has 3 rings (SSSR count). The summed E-state index contributed by atoms with van der Waals surface area (Å²) in [5.41, 5.74) is 1.34. The Hall–Kier alpha value is -2.67. The summed E-state index contributed by atoms with van der Waals surface area (Å²) in [7, 11) is 0. The zero-order chi connectivity index (χ0) is 11.8. The maximum absolute atomic E-state index is 11.9. The smallest absolute Gasteiger partial charge is 0.245 e. The van der Waals surface area contributed by atoms with E-state index in [0.717, 1.165) is 10.9 Å². The van der Waals surface area contributed by atoms with Crippen LogP contribution in [0.4, 0.5) is 0 Å². The fourth-order valence-corrected chi connectivity index (χ4v) is 1.88. The van der Waals surface area contributed by atoms with Gasteiger partial charge in [-0.05, 0) is 27.5 Å². The summed E-state index contributed by atoms with van der Waals surface area (Å²) in [5.74, 6) is -0.284. The van der Waals surface area contributed by atoms with Gasteiger partial charge in [-0.3, -0.25) is 0 Å². The average molecular weight is 221 g/mol. The standard InChI is InChI=1S/C13H7N3O/c14-7-10-8-15-16-11-4-2-1-3-9(11)5-6-12(16)13(10)17/h1-6,8H. The van der Waals surface area contributed by atoms with Gasteiger partial charge in [-0.2, -0.15) is 5.26 Å². The van der Waals surface area contributed by atoms with Gasteiger partial charge in [0.15, 0.2) is 0 Å². The molecule has 0 spiro atoms. The molecule has 17 heavy (non-hydrogen) atoms. The Bertz CT molecular complexity index is 775. The van der Waals surface area contributed by atoms with Crippen molar-refractivity contribution in [2.45, 2.75) is 0 Å². The minimum Gasteiger partial charge on any atom is -0.867 e. The first-order valence-electron chi connectivity index (χ1n) is 5.11. The van der Waals surface area contributed by atoms with Gasteiger partial charge in [-0.15, -0.1) is 0 Å². The molecule has 0 saturated carbocycles. The SMILES string of the molecule is N#Cc1cn[n+]2c(ccc3ccccc32)c1[O-]. The third-order valence-electron chi connectivity index (χ3n) is 2.71. The topological polar surface area (TPSA) is 63.8 Å². The summed E-state index contributed by atoms with van der Waals surface area (Å²) in [6.45, 7) is 0. The molecule has 0 atom stereocenters. The molecule has 4 nitrogen and oxygen atoms in total. The molecule has 4 heteroatoms. The van der Waals surface area contributed by atoms with Crippen molar-refractivity contribution in [2.24, 2.45) is 0 Å². The van der Waals surface area contributed by atoms with Gasteiger partial charge in [0.2, 0.25) is 11.0 Å². The van der Waals surface area contributed by atoms with Crippen molar-refractivity contribution in [3.8, 4) is 11.8 Å². The minimum atomic E-state index is -0.284. The fraction of sp³-hybridized carbons (Fsp3) is 0. The van der Waals surface area contributed by atoms with Crippen molar-refractivity contribution < 1.29 is 9.62 Å². The highest BCUT2D eigenvalue weighted by Crippen LogP contribution is 2.18. The van der Waals surface area contributed by atoms with Crippen LogP contribution in [0.1, 0.15) is 5.56 Å². The van der Waals surface area contributed by atoms with Gasteiger partial charge in [-0.25, -0.2) is 0 Å². The van der Waals surface area contributed by atoms with Gasteiger partial charge in [0.25, 0.3) is 0 Å². The molecular formula is C13H7N3O. The van der Waals surface area contributed by atoms with Crippen LogP contribution in [0.25, 0.3) is 16.4 Å². The van der Waals surface area contributed by atoms with Gasteiger partial charge in [0.1, 0.15) is 12.3 Å². The monoisotopic (exact) mass is 221 g/mol. The van der Waals surface area contributed by atoms with Gasteiger partial charge < -0.3 is 5.11 Å². The minimum absolute atomic E-state index is 0.0697. The lowest BCUT2D eigenvalue weighted by molar-refractivity contribution is -0.556. The van der Waals surface area contributed by atoms with E-state index < -0.39 is 0 Å². The predicted molar refractivity (Wildman–Crippen MR) is 59.1 cm³/mol. The van der Waals surface area contributed by atoms with Crippen LogP contribution in [0.15, 0.2) is 42.6 Å².